The lowest BCUT2D eigenvalue weighted by Gasteiger charge is -2.43. The zero-order valence-electron chi connectivity index (χ0n) is 19.7. The van der Waals surface area contributed by atoms with Gasteiger partial charge in [0.25, 0.3) is 0 Å². The molecule has 0 bridgehead atoms. The number of nitrogens with one attached hydrogen (secondary N) is 1. The number of pyridine rings is 2. The van der Waals surface area contributed by atoms with E-state index < -0.39 is 11.1 Å². The second-order valence-corrected chi connectivity index (χ2v) is 9.92. The molecule has 33 heavy (non-hydrogen) atoms. The van der Waals surface area contributed by atoms with Crippen molar-refractivity contribution in [1.82, 2.24) is 20.2 Å². The van der Waals surface area contributed by atoms with Gasteiger partial charge < -0.3 is 20.2 Å². The Hall–Kier alpha value is -2.74. The first-order chi connectivity index (χ1) is 15.8. The van der Waals surface area contributed by atoms with Crippen molar-refractivity contribution in [2.75, 3.05) is 31.6 Å². The number of hydrogen-bond acceptors (Lipinski definition) is 6. The van der Waals surface area contributed by atoms with E-state index in [-0.39, 0.29) is 24.8 Å². The maximum Gasteiger partial charge on any atom is 0.224 e. The predicted molar refractivity (Wildman–Crippen MR) is 128 cm³/mol. The van der Waals surface area contributed by atoms with Crippen molar-refractivity contribution >= 4 is 28.4 Å². The molecule has 2 amide bonds. The summed E-state index contributed by atoms with van der Waals surface area (Å²) in [5.41, 5.74) is 0.417. The SMILES string of the molecule is CC(=O)NC1(CC(=O)N(C)C[C@@]2(O)CCCN(c3ccnc4ccncc34)C2)CCCCC1. The van der Waals surface area contributed by atoms with E-state index >= 15 is 0 Å². The van der Waals surface area contributed by atoms with E-state index in [9.17, 15) is 14.7 Å². The Bertz CT molecular complexity index is 1000. The summed E-state index contributed by atoms with van der Waals surface area (Å²) in [5.74, 6) is -0.122. The third-order valence-corrected chi connectivity index (χ3v) is 7.11. The lowest BCUT2D eigenvalue weighted by Crippen LogP contribution is -2.56. The van der Waals surface area contributed by atoms with Crippen LogP contribution in [0.5, 0.6) is 0 Å². The van der Waals surface area contributed by atoms with Gasteiger partial charge in [0.15, 0.2) is 0 Å². The molecule has 3 heterocycles. The molecule has 4 rings (SSSR count). The maximum absolute atomic E-state index is 13.2. The van der Waals surface area contributed by atoms with Gasteiger partial charge >= 0.3 is 0 Å². The molecule has 0 aromatic carbocycles. The van der Waals surface area contributed by atoms with Gasteiger partial charge in [-0.05, 0) is 37.8 Å². The van der Waals surface area contributed by atoms with Crippen molar-refractivity contribution in [3.05, 3.63) is 30.7 Å². The zero-order chi connectivity index (χ0) is 23.5. The molecule has 1 aliphatic carbocycles. The van der Waals surface area contributed by atoms with Crippen LogP contribution in [0, 0.1) is 0 Å². The molecule has 2 N–H and O–H groups in total. The van der Waals surface area contributed by atoms with Crippen LogP contribution in [0.25, 0.3) is 10.9 Å². The minimum atomic E-state index is -1.01. The predicted octanol–water partition coefficient (Wildman–Crippen LogP) is 2.65. The molecule has 0 unspecified atom stereocenters. The number of aromatic nitrogens is 2. The quantitative estimate of drug-likeness (QED) is 0.698. The highest BCUT2D eigenvalue weighted by Gasteiger charge is 2.39. The molecule has 2 aromatic rings. The molecule has 2 aromatic heterocycles. The summed E-state index contributed by atoms with van der Waals surface area (Å²) in [6.07, 6.45) is 11.9. The van der Waals surface area contributed by atoms with Gasteiger partial charge in [-0.25, -0.2) is 0 Å². The van der Waals surface area contributed by atoms with Gasteiger partial charge in [-0.3, -0.25) is 19.6 Å². The highest BCUT2D eigenvalue weighted by Crippen LogP contribution is 2.33. The number of likely N-dealkylation sites (N-methyl/N-ethyl adjacent to an activating group) is 1. The molecule has 1 saturated carbocycles. The highest BCUT2D eigenvalue weighted by atomic mass is 16.3. The van der Waals surface area contributed by atoms with Gasteiger partial charge in [0.2, 0.25) is 11.8 Å². The van der Waals surface area contributed by atoms with Crippen LogP contribution in [-0.4, -0.2) is 69.6 Å². The van der Waals surface area contributed by atoms with Gasteiger partial charge in [-0.1, -0.05) is 19.3 Å². The molecule has 0 spiro atoms. The van der Waals surface area contributed by atoms with Gasteiger partial charge in [-0.15, -0.1) is 0 Å². The Morgan fingerprint density at radius 3 is 2.70 bits per heavy atom. The highest BCUT2D eigenvalue weighted by molar-refractivity contribution is 5.90. The number of piperidine rings is 1. The average molecular weight is 454 g/mol. The topological polar surface area (TPSA) is 98.7 Å². The lowest BCUT2D eigenvalue weighted by molar-refractivity contribution is -0.136. The first-order valence-corrected chi connectivity index (χ1v) is 12.0. The molecule has 2 fully saturated rings. The zero-order valence-corrected chi connectivity index (χ0v) is 19.7. The summed E-state index contributed by atoms with van der Waals surface area (Å²) in [7, 11) is 1.76. The number of hydrogen-bond donors (Lipinski definition) is 2. The molecule has 1 atom stereocenters. The Morgan fingerprint density at radius 2 is 1.94 bits per heavy atom. The lowest BCUT2D eigenvalue weighted by atomic mass is 9.78. The second kappa shape index (κ2) is 9.63. The minimum absolute atomic E-state index is 0.0326. The van der Waals surface area contributed by atoms with Gasteiger partial charge in [0.1, 0.15) is 0 Å². The van der Waals surface area contributed by atoms with Crippen molar-refractivity contribution in [1.29, 1.82) is 0 Å². The number of carbonyl (C=O) groups is 2. The largest absolute Gasteiger partial charge is 0.386 e. The minimum Gasteiger partial charge on any atom is -0.386 e. The summed E-state index contributed by atoms with van der Waals surface area (Å²) < 4.78 is 0. The van der Waals surface area contributed by atoms with Crippen molar-refractivity contribution in [2.24, 2.45) is 0 Å². The molecular formula is C25H35N5O3. The Morgan fingerprint density at radius 1 is 1.15 bits per heavy atom. The Balaban J connectivity index is 1.45. The molecular weight excluding hydrogens is 418 g/mol. The Labute approximate surface area is 195 Å². The Kier molecular flexibility index (Phi) is 6.83. The van der Waals surface area contributed by atoms with E-state index in [0.717, 1.165) is 61.7 Å². The summed E-state index contributed by atoms with van der Waals surface area (Å²) in [4.78, 5) is 37.5. The first-order valence-electron chi connectivity index (χ1n) is 12.0. The fraction of sp³-hybridized carbons (Fsp3) is 0.600. The van der Waals surface area contributed by atoms with Crippen molar-refractivity contribution in [2.45, 2.75) is 69.4 Å². The number of anilines is 1. The maximum atomic E-state index is 13.2. The molecule has 8 nitrogen and oxygen atoms in total. The first kappa shape index (κ1) is 23.4. The molecule has 1 aliphatic heterocycles. The van der Waals surface area contributed by atoms with Crippen LogP contribution in [0.2, 0.25) is 0 Å². The summed E-state index contributed by atoms with van der Waals surface area (Å²) in [6, 6.07) is 3.85. The van der Waals surface area contributed by atoms with Crippen LogP contribution in [0.1, 0.15) is 58.3 Å². The number of rotatable bonds is 6. The van der Waals surface area contributed by atoms with E-state index in [1.54, 1.807) is 24.3 Å². The number of fused-ring (bicyclic) bond motifs is 1. The number of aliphatic hydroxyl groups is 1. The monoisotopic (exact) mass is 453 g/mol. The van der Waals surface area contributed by atoms with Crippen LogP contribution < -0.4 is 10.2 Å². The summed E-state index contributed by atoms with van der Waals surface area (Å²) in [5, 5.41) is 15.5. The number of β-amino-alcohol motifs (C(OH)–C–C–N with tert-alkyl or cyclic N) is 1. The third kappa shape index (κ3) is 5.43. The van der Waals surface area contributed by atoms with Crippen LogP contribution in [0.4, 0.5) is 5.69 Å². The van der Waals surface area contributed by atoms with Crippen LogP contribution in [0.15, 0.2) is 30.7 Å². The van der Waals surface area contributed by atoms with Crippen LogP contribution >= 0.6 is 0 Å². The van der Waals surface area contributed by atoms with Gasteiger partial charge in [-0.2, -0.15) is 0 Å². The molecule has 8 heteroatoms. The van der Waals surface area contributed by atoms with E-state index in [1.807, 2.05) is 18.3 Å². The smallest absolute Gasteiger partial charge is 0.224 e. The van der Waals surface area contributed by atoms with Crippen LogP contribution in [0.3, 0.4) is 0 Å². The molecule has 0 radical (unpaired) electrons. The standard InChI is InChI=1S/C25H35N5O3/c1-19(31)28-24(9-4-3-5-10-24)15-23(32)29(2)17-25(33)11-6-14-30(18-25)22-8-13-27-21-7-12-26-16-20(21)22/h7-8,12-13,16,33H,3-6,9-11,14-15,17-18H2,1-2H3,(H,28,31)/t25-/m0/s1. The van der Waals surface area contributed by atoms with Crippen molar-refractivity contribution < 1.29 is 14.7 Å². The van der Waals surface area contributed by atoms with Gasteiger partial charge in [0.05, 0.1) is 17.7 Å². The number of carbonyl (C=O) groups excluding carboxylic acids is 2. The van der Waals surface area contributed by atoms with Gasteiger partial charge in [0, 0.05) is 68.7 Å². The van der Waals surface area contributed by atoms with Crippen LogP contribution in [-0.2, 0) is 9.59 Å². The van der Waals surface area contributed by atoms with E-state index in [4.69, 9.17) is 0 Å². The third-order valence-electron chi connectivity index (χ3n) is 7.11. The molecule has 2 aliphatic rings. The second-order valence-electron chi connectivity index (χ2n) is 9.92. The molecule has 1 saturated heterocycles. The van der Waals surface area contributed by atoms with E-state index in [0.29, 0.717) is 13.0 Å². The summed E-state index contributed by atoms with van der Waals surface area (Å²) in [6.45, 7) is 3.05. The average Bonchev–Trinajstić information content (AvgIpc) is 2.78. The normalized spacial score (nSPS) is 22.7. The van der Waals surface area contributed by atoms with E-state index in [1.165, 1.54) is 6.92 Å². The van der Waals surface area contributed by atoms with Crippen molar-refractivity contribution in [3.8, 4) is 0 Å². The molecule has 178 valence electrons. The van der Waals surface area contributed by atoms with E-state index in [2.05, 4.69) is 20.2 Å². The fourth-order valence-electron chi connectivity index (χ4n) is 5.60. The fourth-order valence-corrected chi connectivity index (χ4v) is 5.60. The number of nitrogens with zero attached hydrogens (tertiary/aromatic N) is 4. The number of amides is 2. The summed E-state index contributed by atoms with van der Waals surface area (Å²) >= 11 is 0. The van der Waals surface area contributed by atoms with Crippen molar-refractivity contribution in [3.63, 3.8) is 0 Å².